The van der Waals surface area contributed by atoms with Crippen LogP contribution in [0.1, 0.15) is 0 Å². The highest BCUT2D eigenvalue weighted by Crippen LogP contribution is 2.41. The van der Waals surface area contributed by atoms with E-state index < -0.39 is 0 Å². The lowest BCUT2D eigenvalue weighted by atomic mass is 10.1. The van der Waals surface area contributed by atoms with Crippen LogP contribution in [0.2, 0.25) is 0 Å². The molecule has 0 saturated carbocycles. The summed E-state index contributed by atoms with van der Waals surface area (Å²) >= 11 is 0. The molecule has 6 heteroatoms. The predicted molar refractivity (Wildman–Crippen MR) is 125 cm³/mol. The van der Waals surface area contributed by atoms with E-state index in [-0.39, 0.29) is 5.88 Å². The van der Waals surface area contributed by atoms with Gasteiger partial charge in [-0.3, -0.25) is 0 Å². The number of aromatic nitrogens is 1. The lowest BCUT2D eigenvalue weighted by Gasteiger charge is -1.95. The van der Waals surface area contributed by atoms with Crippen molar-refractivity contribution in [3.8, 4) is 5.88 Å². The number of aromatic amines is 1. The van der Waals surface area contributed by atoms with Gasteiger partial charge in [0.2, 0.25) is 5.88 Å². The maximum atomic E-state index is 10.5. The molecule has 32 heavy (non-hydrogen) atoms. The topological polar surface area (TPSA) is 87.0 Å². The number of azo groups is 1. The summed E-state index contributed by atoms with van der Waals surface area (Å²) in [6, 6.07) is 25.4. The SMILES string of the molecule is Oc1[nH]c2cc3oc4ccccc4c3cc2c1N=Nc1ccc2c(c1)oc1ccccc12. The molecule has 0 unspecified atom stereocenters. The fourth-order valence-corrected chi connectivity index (χ4v) is 4.37. The molecule has 4 aromatic carbocycles. The first-order chi connectivity index (χ1) is 15.7. The average Bonchev–Trinajstić information content (AvgIpc) is 3.45. The summed E-state index contributed by atoms with van der Waals surface area (Å²) in [7, 11) is 0. The fourth-order valence-electron chi connectivity index (χ4n) is 4.37. The smallest absolute Gasteiger partial charge is 0.218 e. The van der Waals surface area contributed by atoms with E-state index in [9.17, 15) is 5.11 Å². The molecular formula is C26H15N3O3. The average molecular weight is 417 g/mol. The minimum atomic E-state index is -0.0366. The number of hydrogen-bond acceptors (Lipinski definition) is 5. The first-order valence-corrected chi connectivity index (χ1v) is 10.2. The Morgan fingerprint density at radius 3 is 2.03 bits per heavy atom. The van der Waals surface area contributed by atoms with Crippen molar-refractivity contribution in [3.63, 3.8) is 0 Å². The molecule has 7 aromatic rings. The zero-order valence-corrected chi connectivity index (χ0v) is 16.7. The Kier molecular flexibility index (Phi) is 3.33. The molecule has 0 saturated heterocycles. The van der Waals surface area contributed by atoms with Crippen molar-refractivity contribution >= 4 is 66.2 Å². The van der Waals surface area contributed by atoms with Crippen LogP contribution in [0.4, 0.5) is 11.4 Å². The zero-order chi connectivity index (χ0) is 21.2. The summed E-state index contributed by atoms with van der Waals surface area (Å²) in [5, 5.41) is 24.1. The van der Waals surface area contributed by atoms with Crippen molar-refractivity contribution in [1.29, 1.82) is 0 Å². The highest BCUT2D eigenvalue weighted by Gasteiger charge is 2.15. The lowest BCUT2D eigenvalue weighted by Crippen LogP contribution is -1.70. The summed E-state index contributed by atoms with van der Waals surface area (Å²) in [5.74, 6) is -0.0366. The third-order valence-electron chi connectivity index (χ3n) is 5.88. The van der Waals surface area contributed by atoms with E-state index in [1.54, 1.807) is 0 Å². The molecule has 6 nitrogen and oxygen atoms in total. The fraction of sp³-hybridized carbons (Fsp3) is 0. The predicted octanol–water partition coefficient (Wildman–Crippen LogP) is 8.09. The molecule has 0 amide bonds. The van der Waals surface area contributed by atoms with Crippen LogP contribution in [0.5, 0.6) is 5.88 Å². The van der Waals surface area contributed by atoms with Gasteiger partial charge in [-0.1, -0.05) is 36.4 Å². The Morgan fingerprint density at radius 2 is 1.25 bits per heavy atom. The highest BCUT2D eigenvalue weighted by molar-refractivity contribution is 6.12. The Morgan fingerprint density at radius 1 is 0.594 bits per heavy atom. The van der Waals surface area contributed by atoms with E-state index >= 15 is 0 Å². The van der Waals surface area contributed by atoms with Gasteiger partial charge >= 0.3 is 0 Å². The van der Waals surface area contributed by atoms with Gasteiger partial charge < -0.3 is 18.9 Å². The van der Waals surface area contributed by atoms with Crippen LogP contribution >= 0.6 is 0 Å². The van der Waals surface area contributed by atoms with Crippen LogP contribution in [0, 0.1) is 0 Å². The number of hydrogen-bond donors (Lipinski definition) is 2. The minimum absolute atomic E-state index is 0.0366. The van der Waals surface area contributed by atoms with Gasteiger partial charge in [-0.05, 0) is 30.3 Å². The summed E-state index contributed by atoms with van der Waals surface area (Å²) in [5.41, 5.74) is 4.91. The molecule has 0 aliphatic heterocycles. The Bertz CT molecular complexity index is 1850. The summed E-state index contributed by atoms with van der Waals surface area (Å²) in [6.07, 6.45) is 0. The summed E-state index contributed by atoms with van der Waals surface area (Å²) in [6.45, 7) is 0. The molecule has 2 N–H and O–H groups in total. The third kappa shape index (κ3) is 2.40. The number of fused-ring (bicyclic) bond motifs is 7. The molecule has 3 aromatic heterocycles. The molecule has 3 heterocycles. The maximum Gasteiger partial charge on any atom is 0.218 e. The largest absolute Gasteiger partial charge is 0.493 e. The minimum Gasteiger partial charge on any atom is -0.493 e. The van der Waals surface area contributed by atoms with Crippen LogP contribution < -0.4 is 0 Å². The number of nitrogens with zero attached hydrogens (tertiary/aromatic N) is 2. The second kappa shape index (κ2) is 6.21. The number of benzene rings is 4. The summed E-state index contributed by atoms with van der Waals surface area (Å²) in [4.78, 5) is 2.97. The van der Waals surface area contributed by atoms with E-state index in [0.717, 1.165) is 54.8 Å². The van der Waals surface area contributed by atoms with Crippen LogP contribution in [0.15, 0.2) is 97.9 Å². The van der Waals surface area contributed by atoms with Gasteiger partial charge in [-0.2, -0.15) is 5.11 Å². The van der Waals surface area contributed by atoms with Crippen LogP contribution in [-0.2, 0) is 0 Å². The van der Waals surface area contributed by atoms with E-state index in [1.165, 1.54) is 0 Å². The van der Waals surface area contributed by atoms with Crippen molar-refractivity contribution in [2.75, 3.05) is 0 Å². The lowest BCUT2D eigenvalue weighted by molar-refractivity contribution is 0.459. The van der Waals surface area contributed by atoms with Gasteiger partial charge in [0.05, 0.1) is 11.2 Å². The standard InChI is InChI=1S/C26H15N3O3/c30-26-25(19-12-18-16-6-2-4-8-22(16)32-24(18)13-20(19)27-26)29-28-14-9-10-17-15-5-1-3-7-21(15)31-23(17)11-14/h1-13,27,30H. The van der Waals surface area contributed by atoms with Crippen LogP contribution in [0.3, 0.4) is 0 Å². The Hall–Kier alpha value is -4.58. The van der Waals surface area contributed by atoms with Crippen molar-refractivity contribution in [2.24, 2.45) is 10.2 Å². The summed E-state index contributed by atoms with van der Waals surface area (Å²) < 4.78 is 11.9. The number of aromatic hydroxyl groups is 1. The van der Waals surface area contributed by atoms with E-state index in [0.29, 0.717) is 11.4 Å². The quantitative estimate of drug-likeness (QED) is 0.279. The van der Waals surface area contributed by atoms with Gasteiger partial charge in [0.1, 0.15) is 22.3 Å². The number of para-hydroxylation sites is 2. The number of rotatable bonds is 2. The van der Waals surface area contributed by atoms with Crippen molar-refractivity contribution in [1.82, 2.24) is 4.98 Å². The van der Waals surface area contributed by atoms with Crippen molar-refractivity contribution in [3.05, 3.63) is 78.9 Å². The molecule has 0 bridgehead atoms. The molecule has 0 aliphatic rings. The van der Waals surface area contributed by atoms with Crippen molar-refractivity contribution < 1.29 is 13.9 Å². The number of nitrogens with one attached hydrogen (secondary N) is 1. The third-order valence-corrected chi connectivity index (χ3v) is 5.88. The van der Waals surface area contributed by atoms with Gasteiger partial charge in [-0.15, -0.1) is 5.11 Å². The van der Waals surface area contributed by atoms with Crippen molar-refractivity contribution in [2.45, 2.75) is 0 Å². The van der Waals surface area contributed by atoms with Gasteiger partial charge in [0, 0.05) is 39.1 Å². The molecule has 7 rings (SSSR count). The molecule has 0 radical (unpaired) electrons. The van der Waals surface area contributed by atoms with Gasteiger partial charge in [0.25, 0.3) is 0 Å². The van der Waals surface area contributed by atoms with Crippen LogP contribution in [-0.4, -0.2) is 10.1 Å². The zero-order valence-electron chi connectivity index (χ0n) is 16.7. The first-order valence-electron chi connectivity index (χ1n) is 10.2. The van der Waals surface area contributed by atoms with Gasteiger partial charge in [0.15, 0.2) is 5.69 Å². The molecular weight excluding hydrogens is 402 g/mol. The second-order valence-corrected chi connectivity index (χ2v) is 7.79. The maximum absolute atomic E-state index is 10.5. The van der Waals surface area contributed by atoms with Gasteiger partial charge in [-0.25, -0.2) is 0 Å². The van der Waals surface area contributed by atoms with E-state index in [4.69, 9.17) is 8.83 Å². The highest BCUT2D eigenvalue weighted by atomic mass is 16.3. The Balaban J connectivity index is 1.36. The first kappa shape index (κ1) is 17.1. The van der Waals surface area contributed by atoms with E-state index in [1.807, 2.05) is 78.9 Å². The Labute approximate surface area is 180 Å². The number of furan rings is 2. The van der Waals surface area contributed by atoms with E-state index in [2.05, 4.69) is 15.2 Å². The monoisotopic (exact) mass is 417 g/mol. The number of H-pyrrole nitrogens is 1. The molecule has 0 spiro atoms. The second-order valence-electron chi connectivity index (χ2n) is 7.79. The normalized spacial score (nSPS) is 12.4. The molecule has 0 fully saturated rings. The molecule has 0 aliphatic carbocycles. The molecule has 152 valence electrons. The molecule has 0 atom stereocenters. The van der Waals surface area contributed by atoms with Crippen LogP contribution in [0.25, 0.3) is 54.8 Å².